The number of piperidine rings is 1. The summed E-state index contributed by atoms with van der Waals surface area (Å²) in [6, 6.07) is 10.5. The second-order valence-corrected chi connectivity index (χ2v) is 6.85. The Labute approximate surface area is 138 Å². The van der Waals surface area contributed by atoms with Crippen molar-refractivity contribution in [3.05, 3.63) is 35.9 Å². The summed E-state index contributed by atoms with van der Waals surface area (Å²) in [6.45, 7) is 4.28. The fourth-order valence-electron chi connectivity index (χ4n) is 3.72. The van der Waals surface area contributed by atoms with Gasteiger partial charge in [0.1, 0.15) is 0 Å². The molecule has 2 amide bonds. The predicted octanol–water partition coefficient (Wildman–Crippen LogP) is 2.48. The number of amides is 2. The van der Waals surface area contributed by atoms with E-state index in [9.17, 15) is 9.59 Å². The zero-order valence-electron chi connectivity index (χ0n) is 13.9. The maximum absolute atomic E-state index is 12.7. The van der Waals surface area contributed by atoms with Crippen LogP contribution in [0.5, 0.6) is 0 Å². The molecule has 4 nitrogen and oxygen atoms in total. The lowest BCUT2D eigenvalue weighted by Gasteiger charge is -2.35. The van der Waals surface area contributed by atoms with Crippen LogP contribution in [0.1, 0.15) is 38.2 Å². The molecule has 1 aromatic carbocycles. The normalized spacial score (nSPS) is 25.0. The standard InChI is InChI=1S/C19H26N2O2/c1-15-7-5-6-11-21(15)19(23)17-13-18(22)20(14-17)12-10-16-8-3-2-4-9-16/h2-4,8-9,15,17H,5-7,10-14H2,1H3. The zero-order valence-corrected chi connectivity index (χ0v) is 13.9. The van der Waals surface area contributed by atoms with Crippen LogP contribution in [-0.4, -0.2) is 47.3 Å². The number of hydrogen-bond donors (Lipinski definition) is 0. The average Bonchev–Trinajstić information content (AvgIpc) is 2.95. The summed E-state index contributed by atoms with van der Waals surface area (Å²) in [5.41, 5.74) is 1.24. The molecule has 2 heterocycles. The molecule has 23 heavy (non-hydrogen) atoms. The van der Waals surface area contributed by atoms with Gasteiger partial charge in [-0.2, -0.15) is 0 Å². The van der Waals surface area contributed by atoms with Gasteiger partial charge in [-0.25, -0.2) is 0 Å². The summed E-state index contributed by atoms with van der Waals surface area (Å²) < 4.78 is 0. The highest BCUT2D eigenvalue weighted by molar-refractivity contribution is 5.89. The topological polar surface area (TPSA) is 40.6 Å². The van der Waals surface area contributed by atoms with Gasteiger partial charge in [0.05, 0.1) is 5.92 Å². The molecule has 2 aliphatic heterocycles. The first kappa shape index (κ1) is 16.0. The Bertz CT molecular complexity index is 558. The van der Waals surface area contributed by atoms with Gasteiger partial charge in [0.2, 0.25) is 11.8 Å². The van der Waals surface area contributed by atoms with Crippen molar-refractivity contribution in [1.82, 2.24) is 9.80 Å². The number of likely N-dealkylation sites (tertiary alicyclic amines) is 2. The molecule has 0 spiro atoms. The van der Waals surface area contributed by atoms with Crippen LogP contribution in [-0.2, 0) is 16.0 Å². The summed E-state index contributed by atoms with van der Waals surface area (Å²) in [6.07, 6.45) is 4.63. The Hall–Kier alpha value is -1.84. The number of hydrogen-bond acceptors (Lipinski definition) is 2. The van der Waals surface area contributed by atoms with Gasteiger partial charge in [0.25, 0.3) is 0 Å². The van der Waals surface area contributed by atoms with E-state index in [1.54, 1.807) is 0 Å². The molecule has 2 atom stereocenters. The number of carbonyl (C=O) groups is 2. The van der Waals surface area contributed by atoms with Crippen molar-refractivity contribution in [2.45, 2.75) is 45.1 Å². The number of carbonyl (C=O) groups excluding carboxylic acids is 2. The van der Waals surface area contributed by atoms with E-state index in [-0.39, 0.29) is 17.7 Å². The van der Waals surface area contributed by atoms with Crippen molar-refractivity contribution in [3.63, 3.8) is 0 Å². The summed E-state index contributed by atoms with van der Waals surface area (Å²) in [5, 5.41) is 0. The van der Waals surface area contributed by atoms with Crippen molar-refractivity contribution < 1.29 is 9.59 Å². The van der Waals surface area contributed by atoms with E-state index < -0.39 is 0 Å². The molecule has 0 bridgehead atoms. The van der Waals surface area contributed by atoms with Crippen LogP contribution in [0.3, 0.4) is 0 Å². The van der Waals surface area contributed by atoms with Crippen molar-refractivity contribution in [1.29, 1.82) is 0 Å². The summed E-state index contributed by atoms with van der Waals surface area (Å²) in [5.74, 6) is 0.176. The molecule has 2 unspecified atom stereocenters. The smallest absolute Gasteiger partial charge is 0.228 e. The fraction of sp³-hybridized carbons (Fsp3) is 0.579. The second kappa shape index (κ2) is 7.16. The predicted molar refractivity (Wildman–Crippen MR) is 89.9 cm³/mol. The van der Waals surface area contributed by atoms with Gasteiger partial charge in [0, 0.05) is 32.1 Å². The Balaban J connectivity index is 1.55. The van der Waals surface area contributed by atoms with Gasteiger partial charge in [-0.05, 0) is 38.2 Å². The maximum Gasteiger partial charge on any atom is 0.228 e. The molecule has 2 saturated heterocycles. The van der Waals surface area contributed by atoms with Crippen LogP contribution in [0.2, 0.25) is 0 Å². The molecular weight excluding hydrogens is 288 g/mol. The minimum Gasteiger partial charge on any atom is -0.342 e. The van der Waals surface area contributed by atoms with Gasteiger partial charge in [0.15, 0.2) is 0 Å². The third kappa shape index (κ3) is 3.74. The second-order valence-electron chi connectivity index (χ2n) is 6.85. The Morgan fingerprint density at radius 3 is 2.74 bits per heavy atom. The molecule has 124 valence electrons. The minimum atomic E-state index is -0.140. The van der Waals surface area contributed by atoms with Crippen molar-refractivity contribution in [2.75, 3.05) is 19.6 Å². The SMILES string of the molecule is CC1CCCCN1C(=O)C1CC(=O)N(CCc2ccccc2)C1. The highest BCUT2D eigenvalue weighted by Crippen LogP contribution is 2.25. The highest BCUT2D eigenvalue weighted by Gasteiger charge is 2.37. The molecule has 2 aliphatic rings. The van der Waals surface area contributed by atoms with Gasteiger partial charge < -0.3 is 9.80 Å². The van der Waals surface area contributed by atoms with Gasteiger partial charge in [-0.15, -0.1) is 0 Å². The minimum absolute atomic E-state index is 0.129. The van der Waals surface area contributed by atoms with Crippen LogP contribution < -0.4 is 0 Å². The molecule has 1 aromatic rings. The lowest BCUT2D eigenvalue weighted by atomic mass is 9.99. The highest BCUT2D eigenvalue weighted by atomic mass is 16.2. The van der Waals surface area contributed by atoms with E-state index in [4.69, 9.17) is 0 Å². The molecule has 0 N–H and O–H groups in total. The Morgan fingerprint density at radius 2 is 2.00 bits per heavy atom. The monoisotopic (exact) mass is 314 g/mol. The van der Waals surface area contributed by atoms with E-state index in [1.165, 1.54) is 12.0 Å². The van der Waals surface area contributed by atoms with Crippen LogP contribution in [0, 0.1) is 5.92 Å². The van der Waals surface area contributed by atoms with E-state index in [2.05, 4.69) is 19.1 Å². The largest absolute Gasteiger partial charge is 0.342 e. The number of nitrogens with zero attached hydrogens (tertiary/aromatic N) is 2. The van der Waals surface area contributed by atoms with E-state index in [1.807, 2.05) is 28.0 Å². The van der Waals surface area contributed by atoms with Crippen molar-refractivity contribution in [3.8, 4) is 0 Å². The van der Waals surface area contributed by atoms with E-state index in [0.717, 1.165) is 25.8 Å². The van der Waals surface area contributed by atoms with E-state index >= 15 is 0 Å². The molecule has 2 fully saturated rings. The first-order valence-electron chi connectivity index (χ1n) is 8.77. The first-order chi connectivity index (χ1) is 11.1. The number of rotatable bonds is 4. The molecule has 0 aliphatic carbocycles. The summed E-state index contributed by atoms with van der Waals surface area (Å²) in [4.78, 5) is 28.8. The quantitative estimate of drug-likeness (QED) is 0.856. The van der Waals surface area contributed by atoms with Crippen LogP contribution in [0.25, 0.3) is 0 Å². The lowest BCUT2D eigenvalue weighted by molar-refractivity contribution is -0.139. The third-order valence-electron chi connectivity index (χ3n) is 5.16. The average molecular weight is 314 g/mol. The van der Waals surface area contributed by atoms with Crippen LogP contribution in [0.15, 0.2) is 30.3 Å². The molecule has 4 heteroatoms. The lowest BCUT2D eigenvalue weighted by Crippen LogP contribution is -2.45. The molecule has 0 radical (unpaired) electrons. The van der Waals surface area contributed by atoms with E-state index in [0.29, 0.717) is 25.6 Å². The molecule has 3 rings (SSSR count). The maximum atomic E-state index is 12.7. The number of benzene rings is 1. The van der Waals surface area contributed by atoms with Gasteiger partial charge in [-0.1, -0.05) is 30.3 Å². The summed E-state index contributed by atoms with van der Waals surface area (Å²) in [7, 11) is 0. The van der Waals surface area contributed by atoms with Gasteiger partial charge in [-0.3, -0.25) is 9.59 Å². The van der Waals surface area contributed by atoms with Crippen LogP contribution >= 0.6 is 0 Å². The first-order valence-corrected chi connectivity index (χ1v) is 8.77. The van der Waals surface area contributed by atoms with Gasteiger partial charge >= 0.3 is 0 Å². The van der Waals surface area contributed by atoms with Crippen molar-refractivity contribution in [2.24, 2.45) is 5.92 Å². The Kier molecular flexibility index (Phi) is 4.99. The Morgan fingerprint density at radius 1 is 1.22 bits per heavy atom. The van der Waals surface area contributed by atoms with Crippen LogP contribution in [0.4, 0.5) is 0 Å². The van der Waals surface area contributed by atoms with Crippen molar-refractivity contribution >= 4 is 11.8 Å². The fourth-order valence-corrected chi connectivity index (χ4v) is 3.72. The molecule has 0 saturated carbocycles. The third-order valence-corrected chi connectivity index (χ3v) is 5.16. The zero-order chi connectivity index (χ0) is 16.2. The molecule has 0 aromatic heterocycles. The molecular formula is C19H26N2O2. The summed E-state index contributed by atoms with van der Waals surface area (Å²) >= 11 is 0.